The van der Waals surface area contributed by atoms with Crippen LogP contribution in [0.15, 0.2) is 48.7 Å². The van der Waals surface area contributed by atoms with E-state index in [2.05, 4.69) is 15.2 Å². The molecule has 1 unspecified atom stereocenters. The van der Waals surface area contributed by atoms with Crippen molar-refractivity contribution in [3.8, 4) is 0 Å². The van der Waals surface area contributed by atoms with Gasteiger partial charge in [0.05, 0.1) is 5.56 Å². The first-order valence-electron chi connectivity index (χ1n) is 9.79. The predicted molar refractivity (Wildman–Crippen MR) is 109 cm³/mol. The van der Waals surface area contributed by atoms with Crippen LogP contribution in [0.3, 0.4) is 0 Å². The van der Waals surface area contributed by atoms with Gasteiger partial charge >= 0.3 is 5.97 Å². The summed E-state index contributed by atoms with van der Waals surface area (Å²) in [7, 11) is 0. The zero-order chi connectivity index (χ0) is 20.0. The number of amides is 1. The number of pyridine rings is 1. The number of hydrogen-bond donors (Lipinski definition) is 2. The van der Waals surface area contributed by atoms with Crippen molar-refractivity contribution in [1.82, 2.24) is 10.3 Å². The second kappa shape index (κ2) is 8.87. The summed E-state index contributed by atoms with van der Waals surface area (Å²) in [6, 6.07) is 12.6. The van der Waals surface area contributed by atoms with Crippen LogP contribution in [0.1, 0.15) is 48.5 Å². The van der Waals surface area contributed by atoms with Gasteiger partial charge in [-0.15, -0.1) is 0 Å². The van der Waals surface area contributed by atoms with Crippen molar-refractivity contribution >= 4 is 17.7 Å². The quantitative estimate of drug-likeness (QED) is 0.803. The Morgan fingerprint density at radius 3 is 2.32 bits per heavy atom. The van der Waals surface area contributed by atoms with Crippen molar-refractivity contribution in [3.63, 3.8) is 0 Å². The zero-order valence-corrected chi connectivity index (χ0v) is 16.2. The van der Waals surface area contributed by atoms with Gasteiger partial charge in [-0.1, -0.05) is 43.2 Å². The van der Waals surface area contributed by atoms with Crippen molar-refractivity contribution in [1.29, 1.82) is 0 Å². The molecule has 2 heterocycles. The number of nitrogens with one attached hydrogen (secondary N) is 1. The second-order valence-corrected chi connectivity index (χ2v) is 7.49. The lowest BCUT2D eigenvalue weighted by Crippen LogP contribution is -2.44. The molecule has 1 aliphatic heterocycles. The Bertz CT molecular complexity index is 800. The molecule has 0 spiro atoms. The van der Waals surface area contributed by atoms with E-state index in [1.165, 1.54) is 12.8 Å². The van der Waals surface area contributed by atoms with Crippen molar-refractivity contribution in [3.05, 3.63) is 59.8 Å². The van der Waals surface area contributed by atoms with Crippen LogP contribution in [0.4, 0.5) is 5.82 Å². The zero-order valence-electron chi connectivity index (χ0n) is 16.2. The number of carboxylic acid groups (broad SMARTS) is 1. The van der Waals surface area contributed by atoms with Crippen LogP contribution in [0.25, 0.3) is 0 Å². The van der Waals surface area contributed by atoms with E-state index in [0.717, 1.165) is 31.7 Å². The number of nitrogens with zero attached hydrogens (tertiary/aromatic N) is 2. The molecular weight excluding hydrogens is 354 g/mol. The molecule has 6 nitrogen and oxygen atoms in total. The normalized spacial score (nSPS) is 16.7. The highest BCUT2D eigenvalue weighted by molar-refractivity contribution is 5.94. The number of aliphatic carboxylic acids is 1. The Balaban J connectivity index is 1.66. The Morgan fingerprint density at radius 2 is 1.75 bits per heavy atom. The summed E-state index contributed by atoms with van der Waals surface area (Å²) < 4.78 is 0. The molecule has 0 radical (unpaired) electrons. The third-order valence-corrected chi connectivity index (χ3v) is 5.43. The summed E-state index contributed by atoms with van der Waals surface area (Å²) in [5, 5.41) is 12.5. The van der Waals surface area contributed by atoms with Crippen LogP contribution >= 0.6 is 0 Å². The van der Waals surface area contributed by atoms with Gasteiger partial charge in [0.15, 0.2) is 0 Å². The summed E-state index contributed by atoms with van der Waals surface area (Å²) in [6.45, 7) is 3.60. The molecule has 6 heteroatoms. The molecule has 148 valence electrons. The molecule has 1 aromatic carbocycles. The Morgan fingerprint density at radius 1 is 1.07 bits per heavy atom. The van der Waals surface area contributed by atoms with E-state index in [4.69, 9.17) is 0 Å². The Hall–Kier alpha value is -2.89. The fourth-order valence-corrected chi connectivity index (χ4v) is 3.47. The van der Waals surface area contributed by atoms with Crippen molar-refractivity contribution in [2.24, 2.45) is 0 Å². The average molecular weight is 381 g/mol. The van der Waals surface area contributed by atoms with Crippen LogP contribution in [0.2, 0.25) is 0 Å². The minimum atomic E-state index is -1.20. The van der Waals surface area contributed by atoms with Gasteiger partial charge in [0, 0.05) is 25.8 Å². The van der Waals surface area contributed by atoms with E-state index in [-0.39, 0.29) is 12.5 Å². The lowest BCUT2D eigenvalue weighted by atomic mass is 9.82. The van der Waals surface area contributed by atoms with Crippen LogP contribution in [-0.2, 0) is 10.2 Å². The van der Waals surface area contributed by atoms with Crippen molar-refractivity contribution < 1.29 is 14.7 Å². The number of benzene rings is 1. The highest BCUT2D eigenvalue weighted by Gasteiger charge is 2.35. The molecule has 1 aromatic heterocycles. The van der Waals surface area contributed by atoms with E-state index in [0.29, 0.717) is 11.1 Å². The molecule has 0 saturated carbocycles. The number of aromatic nitrogens is 1. The number of carbonyl (C=O) groups is 2. The van der Waals surface area contributed by atoms with Gasteiger partial charge in [-0.2, -0.15) is 0 Å². The third-order valence-electron chi connectivity index (χ3n) is 5.43. The van der Waals surface area contributed by atoms with E-state index >= 15 is 0 Å². The first kappa shape index (κ1) is 19.9. The van der Waals surface area contributed by atoms with Gasteiger partial charge in [-0.05, 0) is 37.5 Å². The first-order valence-corrected chi connectivity index (χ1v) is 9.79. The van der Waals surface area contributed by atoms with Crippen molar-refractivity contribution in [2.45, 2.75) is 38.0 Å². The summed E-state index contributed by atoms with van der Waals surface area (Å²) in [5.41, 5.74) is -0.118. The SMILES string of the molecule is CC(CNC(=O)c1ccc(N2CCCCCC2)nc1)(C(=O)O)c1ccccc1. The highest BCUT2D eigenvalue weighted by atomic mass is 16.4. The molecule has 0 bridgehead atoms. The van der Waals surface area contributed by atoms with Gasteiger partial charge in [-0.3, -0.25) is 9.59 Å². The summed E-state index contributed by atoms with van der Waals surface area (Å²) in [6.07, 6.45) is 6.39. The number of anilines is 1. The molecular formula is C22H27N3O3. The fraction of sp³-hybridized carbons (Fsp3) is 0.409. The molecule has 1 amide bonds. The number of rotatable bonds is 6. The van der Waals surface area contributed by atoms with Gasteiger partial charge in [0.2, 0.25) is 0 Å². The molecule has 2 aromatic rings. The topological polar surface area (TPSA) is 82.5 Å². The van der Waals surface area contributed by atoms with Gasteiger partial charge in [0.25, 0.3) is 5.91 Å². The molecule has 28 heavy (non-hydrogen) atoms. The second-order valence-electron chi connectivity index (χ2n) is 7.49. The first-order chi connectivity index (χ1) is 13.5. The van der Waals surface area contributed by atoms with Gasteiger partial charge in [-0.25, -0.2) is 4.98 Å². The van der Waals surface area contributed by atoms with E-state index in [1.807, 2.05) is 12.1 Å². The lowest BCUT2D eigenvalue weighted by molar-refractivity contribution is -0.142. The highest BCUT2D eigenvalue weighted by Crippen LogP contribution is 2.23. The molecule has 1 fully saturated rings. The summed E-state index contributed by atoms with van der Waals surface area (Å²) in [5.74, 6) is -0.412. The lowest BCUT2D eigenvalue weighted by Gasteiger charge is -2.25. The maximum Gasteiger partial charge on any atom is 0.315 e. The van der Waals surface area contributed by atoms with E-state index in [9.17, 15) is 14.7 Å². The van der Waals surface area contributed by atoms with Gasteiger partial charge < -0.3 is 15.3 Å². The average Bonchev–Trinajstić information content (AvgIpc) is 3.02. The predicted octanol–water partition coefficient (Wildman–Crippen LogP) is 3.23. The molecule has 1 atom stereocenters. The van der Waals surface area contributed by atoms with E-state index in [1.54, 1.807) is 43.5 Å². The molecule has 0 aliphatic carbocycles. The Kier molecular flexibility index (Phi) is 6.29. The number of hydrogen-bond acceptors (Lipinski definition) is 4. The van der Waals surface area contributed by atoms with Crippen molar-refractivity contribution in [2.75, 3.05) is 24.5 Å². The smallest absolute Gasteiger partial charge is 0.315 e. The number of carbonyl (C=O) groups excluding carboxylic acids is 1. The molecule has 2 N–H and O–H groups in total. The molecule has 3 rings (SSSR count). The van der Waals surface area contributed by atoms with Crippen LogP contribution in [0, 0.1) is 0 Å². The van der Waals surface area contributed by atoms with Crippen LogP contribution in [0.5, 0.6) is 0 Å². The third kappa shape index (κ3) is 4.50. The van der Waals surface area contributed by atoms with Crippen LogP contribution in [-0.4, -0.2) is 41.6 Å². The number of carboxylic acids is 1. The van der Waals surface area contributed by atoms with E-state index < -0.39 is 11.4 Å². The largest absolute Gasteiger partial charge is 0.481 e. The van der Waals surface area contributed by atoms with Crippen LogP contribution < -0.4 is 10.2 Å². The summed E-state index contributed by atoms with van der Waals surface area (Å²) >= 11 is 0. The minimum Gasteiger partial charge on any atom is -0.481 e. The summed E-state index contributed by atoms with van der Waals surface area (Å²) in [4.78, 5) is 31.1. The van der Waals surface area contributed by atoms with Gasteiger partial charge in [0.1, 0.15) is 11.2 Å². The monoisotopic (exact) mass is 381 g/mol. The standard InChI is InChI=1S/C22H27N3O3/c1-22(21(27)28,18-9-5-4-6-10-18)16-24-20(26)17-11-12-19(23-15-17)25-13-7-2-3-8-14-25/h4-6,9-12,15H,2-3,7-8,13-14,16H2,1H3,(H,24,26)(H,27,28). The minimum absolute atomic E-state index is 0.000936. The molecule has 1 saturated heterocycles. The Labute approximate surface area is 165 Å². The fourth-order valence-electron chi connectivity index (χ4n) is 3.47. The maximum absolute atomic E-state index is 12.5. The molecule has 1 aliphatic rings. The maximum atomic E-state index is 12.5.